The minimum atomic E-state index is 0.412. The second-order valence-electron chi connectivity index (χ2n) is 4.12. The molecule has 4 nitrogen and oxygen atoms in total. The van der Waals surface area contributed by atoms with E-state index in [1.165, 1.54) is 0 Å². The molecule has 1 aliphatic carbocycles. The van der Waals surface area contributed by atoms with Crippen LogP contribution in [0.1, 0.15) is 25.7 Å². The molecule has 0 unspecified atom stereocenters. The molecule has 1 saturated carbocycles. The van der Waals surface area contributed by atoms with Crippen LogP contribution in [-0.2, 0) is 7.05 Å². The van der Waals surface area contributed by atoms with Gasteiger partial charge in [-0.3, -0.25) is 0 Å². The predicted octanol–water partition coefficient (Wildman–Crippen LogP) is 1.10. The molecule has 1 aliphatic rings. The van der Waals surface area contributed by atoms with Gasteiger partial charge in [-0.1, -0.05) is 0 Å². The fourth-order valence-electron chi connectivity index (χ4n) is 1.95. The third-order valence-electron chi connectivity index (χ3n) is 2.93. The van der Waals surface area contributed by atoms with E-state index < -0.39 is 0 Å². The number of aromatic nitrogens is 2. The molecule has 1 aromatic rings. The van der Waals surface area contributed by atoms with Gasteiger partial charge in [0, 0.05) is 31.5 Å². The second-order valence-corrected chi connectivity index (χ2v) is 4.12. The van der Waals surface area contributed by atoms with Crippen molar-refractivity contribution in [1.29, 1.82) is 0 Å². The summed E-state index contributed by atoms with van der Waals surface area (Å²) in [5, 5.41) is 3.45. The highest BCUT2D eigenvalue weighted by Crippen LogP contribution is 2.19. The summed E-state index contributed by atoms with van der Waals surface area (Å²) >= 11 is 0. The zero-order valence-corrected chi connectivity index (χ0v) is 8.61. The Hall–Kier alpha value is -1.03. The average molecular weight is 194 g/mol. The molecule has 0 saturated heterocycles. The normalized spacial score (nSPS) is 27.6. The van der Waals surface area contributed by atoms with Gasteiger partial charge in [0.2, 0.25) is 5.95 Å². The van der Waals surface area contributed by atoms with Crippen molar-refractivity contribution in [3.63, 3.8) is 0 Å². The average Bonchev–Trinajstić information content (AvgIpc) is 2.56. The van der Waals surface area contributed by atoms with Crippen molar-refractivity contribution in [3.05, 3.63) is 12.4 Å². The number of aryl methyl sites for hydroxylation is 1. The summed E-state index contributed by atoms with van der Waals surface area (Å²) in [6.07, 6.45) is 8.35. The number of nitrogens with one attached hydrogen (secondary N) is 1. The molecule has 78 valence electrons. The van der Waals surface area contributed by atoms with E-state index in [1.54, 1.807) is 0 Å². The Kier molecular flexibility index (Phi) is 2.72. The molecule has 0 bridgehead atoms. The van der Waals surface area contributed by atoms with Crippen molar-refractivity contribution in [1.82, 2.24) is 9.55 Å². The molecule has 1 fully saturated rings. The van der Waals surface area contributed by atoms with Crippen LogP contribution in [0.2, 0.25) is 0 Å². The molecule has 0 aromatic carbocycles. The van der Waals surface area contributed by atoms with Crippen LogP contribution in [0.5, 0.6) is 0 Å². The lowest BCUT2D eigenvalue weighted by Crippen LogP contribution is -2.33. The van der Waals surface area contributed by atoms with E-state index in [4.69, 9.17) is 5.73 Å². The number of nitrogens with zero attached hydrogens (tertiary/aromatic N) is 2. The van der Waals surface area contributed by atoms with Crippen LogP contribution in [0.3, 0.4) is 0 Å². The largest absolute Gasteiger partial charge is 0.353 e. The van der Waals surface area contributed by atoms with E-state index in [9.17, 15) is 0 Å². The maximum absolute atomic E-state index is 5.85. The van der Waals surface area contributed by atoms with Crippen LogP contribution in [-0.4, -0.2) is 21.6 Å². The lowest BCUT2D eigenvalue weighted by molar-refractivity contribution is 0.409. The molecule has 3 N–H and O–H groups in total. The van der Waals surface area contributed by atoms with E-state index >= 15 is 0 Å². The minimum Gasteiger partial charge on any atom is -0.353 e. The van der Waals surface area contributed by atoms with E-state index in [-0.39, 0.29) is 0 Å². The summed E-state index contributed by atoms with van der Waals surface area (Å²) in [7, 11) is 2.00. The highest BCUT2D eigenvalue weighted by atomic mass is 15.2. The summed E-state index contributed by atoms with van der Waals surface area (Å²) in [6.45, 7) is 0. The molecule has 4 heteroatoms. The van der Waals surface area contributed by atoms with Crippen molar-refractivity contribution in [3.8, 4) is 0 Å². The molecule has 1 heterocycles. The van der Waals surface area contributed by atoms with Gasteiger partial charge >= 0.3 is 0 Å². The number of hydrogen-bond donors (Lipinski definition) is 2. The maximum Gasteiger partial charge on any atom is 0.202 e. The minimum absolute atomic E-state index is 0.412. The van der Waals surface area contributed by atoms with Crippen molar-refractivity contribution in [2.24, 2.45) is 12.8 Å². The van der Waals surface area contributed by atoms with Gasteiger partial charge in [-0.15, -0.1) is 0 Å². The molecular weight excluding hydrogens is 176 g/mol. The van der Waals surface area contributed by atoms with Crippen LogP contribution < -0.4 is 11.1 Å². The number of anilines is 1. The second kappa shape index (κ2) is 4.00. The molecule has 0 spiro atoms. The molecule has 0 amide bonds. The zero-order chi connectivity index (χ0) is 9.97. The molecule has 14 heavy (non-hydrogen) atoms. The Morgan fingerprint density at radius 2 is 2.14 bits per heavy atom. The summed E-state index contributed by atoms with van der Waals surface area (Å²) in [5.74, 6) is 0.963. The monoisotopic (exact) mass is 194 g/mol. The molecule has 2 rings (SSSR count). The SMILES string of the molecule is Cn1ccnc1NC1CCC(N)CC1. The van der Waals surface area contributed by atoms with Gasteiger partial charge < -0.3 is 15.6 Å². The van der Waals surface area contributed by atoms with Crippen LogP contribution in [0.4, 0.5) is 5.95 Å². The molecule has 0 atom stereocenters. The van der Waals surface area contributed by atoms with Gasteiger partial charge in [0.15, 0.2) is 0 Å². The quantitative estimate of drug-likeness (QED) is 0.741. The van der Waals surface area contributed by atoms with E-state index in [2.05, 4.69) is 10.3 Å². The highest BCUT2D eigenvalue weighted by Gasteiger charge is 2.18. The molecule has 0 aliphatic heterocycles. The van der Waals surface area contributed by atoms with Crippen molar-refractivity contribution in [2.45, 2.75) is 37.8 Å². The Balaban J connectivity index is 1.89. The smallest absolute Gasteiger partial charge is 0.202 e. The number of rotatable bonds is 2. The van der Waals surface area contributed by atoms with Crippen molar-refractivity contribution in [2.75, 3.05) is 5.32 Å². The lowest BCUT2D eigenvalue weighted by atomic mass is 9.92. The van der Waals surface area contributed by atoms with Crippen LogP contribution in [0.25, 0.3) is 0 Å². The summed E-state index contributed by atoms with van der Waals surface area (Å²) in [5.41, 5.74) is 5.85. The Bertz CT molecular complexity index is 286. The predicted molar refractivity (Wildman–Crippen MR) is 57.1 cm³/mol. The fraction of sp³-hybridized carbons (Fsp3) is 0.700. The van der Waals surface area contributed by atoms with Gasteiger partial charge in [0.05, 0.1) is 0 Å². The summed E-state index contributed by atoms with van der Waals surface area (Å²) < 4.78 is 2.01. The van der Waals surface area contributed by atoms with Gasteiger partial charge in [0.25, 0.3) is 0 Å². The Morgan fingerprint density at radius 3 is 2.71 bits per heavy atom. The third kappa shape index (κ3) is 2.07. The van der Waals surface area contributed by atoms with Crippen LogP contribution >= 0.6 is 0 Å². The van der Waals surface area contributed by atoms with Crippen molar-refractivity contribution >= 4 is 5.95 Å². The molecule has 1 aromatic heterocycles. The van der Waals surface area contributed by atoms with E-state index in [0.717, 1.165) is 31.6 Å². The van der Waals surface area contributed by atoms with Crippen molar-refractivity contribution < 1.29 is 0 Å². The van der Waals surface area contributed by atoms with Gasteiger partial charge in [-0.2, -0.15) is 0 Å². The Morgan fingerprint density at radius 1 is 1.43 bits per heavy atom. The number of hydrogen-bond acceptors (Lipinski definition) is 3. The Labute approximate surface area is 84.5 Å². The van der Waals surface area contributed by atoms with Gasteiger partial charge in [-0.05, 0) is 25.7 Å². The third-order valence-corrected chi connectivity index (χ3v) is 2.93. The number of nitrogens with two attached hydrogens (primary N) is 1. The first kappa shape index (κ1) is 9.52. The van der Waals surface area contributed by atoms with Crippen LogP contribution in [0, 0.1) is 0 Å². The summed E-state index contributed by atoms with van der Waals surface area (Å²) in [4.78, 5) is 4.25. The zero-order valence-electron chi connectivity index (χ0n) is 8.61. The van der Waals surface area contributed by atoms with Gasteiger partial charge in [0.1, 0.15) is 0 Å². The first-order valence-corrected chi connectivity index (χ1v) is 5.25. The molecule has 0 radical (unpaired) electrons. The molecular formula is C10H18N4. The lowest BCUT2D eigenvalue weighted by Gasteiger charge is -2.27. The van der Waals surface area contributed by atoms with Gasteiger partial charge in [-0.25, -0.2) is 4.98 Å². The van der Waals surface area contributed by atoms with E-state index in [0.29, 0.717) is 12.1 Å². The maximum atomic E-state index is 5.85. The van der Waals surface area contributed by atoms with Crippen LogP contribution in [0.15, 0.2) is 12.4 Å². The fourth-order valence-corrected chi connectivity index (χ4v) is 1.95. The van der Waals surface area contributed by atoms with E-state index in [1.807, 2.05) is 24.0 Å². The standard InChI is InChI=1S/C10H18N4/c1-14-7-6-12-10(14)13-9-4-2-8(11)3-5-9/h6-9H,2-5,11H2,1H3,(H,12,13). The first-order valence-electron chi connectivity index (χ1n) is 5.25. The first-order chi connectivity index (χ1) is 6.75. The highest BCUT2D eigenvalue weighted by molar-refractivity contribution is 5.27. The summed E-state index contributed by atoms with van der Waals surface area (Å²) in [6, 6.07) is 0.963. The topological polar surface area (TPSA) is 55.9 Å². The number of imidazole rings is 1.